The molecule has 12 saturated heterocycles. The van der Waals surface area contributed by atoms with Crippen molar-refractivity contribution in [3.63, 3.8) is 0 Å². The van der Waals surface area contributed by atoms with E-state index in [4.69, 9.17) is 161 Å². The normalized spacial score (nSPS) is 31.4. The maximum absolute atomic E-state index is 11.9. The van der Waals surface area contributed by atoms with Gasteiger partial charge in [0.05, 0.1) is 72.5 Å². The second-order valence-corrected chi connectivity index (χ2v) is 41.1. The van der Waals surface area contributed by atoms with Crippen LogP contribution in [0.4, 0.5) is 0 Å². The third-order valence-corrected chi connectivity index (χ3v) is 21.9. The average molecular weight is 2020 g/mol. The Morgan fingerprint density at radius 3 is 0.738 bits per heavy atom. The first kappa shape index (κ1) is 121. The molecule has 0 amide bonds. The molecule has 141 heavy (non-hydrogen) atoms. The lowest BCUT2D eigenvalue weighted by molar-refractivity contribution is -0.175. The summed E-state index contributed by atoms with van der Waals surface area (Å²) in [5.41, 5.74) is 1.60. The van der Waals surface area contributed by atoms with Crippen molar-refractivity contribution >= 4 is 41.8 Å². The molecule has 0 spiro atoms. The van der Waals surface area contributed by atoms with Crippen LogP contribution in [0.25, 0.3) is 0 Å². The van der Waals surface area contributed by atoms with E-state index < -0.39 is 142 Å². The van der Waals surface area contributed by atoms with Crippen molar-refractivity contribution in [2.45, 2.75) is 393 Å². The number of carbonyl (C=O) groups is 7. The summed E-state index contributed by atoms with van der Waals surface area (Å²) in [5.74, 6) is -11.4. The van der Waals surface area contributed by atoms with Gasteiger partial charge in [-0.25, -0.2) is 28.8 Å². The minimum absolute atomic E-state index is 0.0155. The first-order chi connectivity index (χ1) is 65.0. The quantitative estimate of drug-likeness (QED) is 0.0139. The predicted octanol–water partition coefficient (Wildman–Crippen LogP) is 11.2. The summed E-state index contributed by atoms with van der Waals surface area (Å²) >= 11 is 0. The average Bonchev–Trinajstić information content (AvgIpc) is 1.66. The van der Waals surface area contributed by atoms with Gasteiger partial charge in [0.15, 0.2) is 76.1 Å². The zero-order chi connectivity index (χ0) is 106. The molecule has 0 aliphatic carbocycles. The van der Waals surface area contributed by atoms with Crippen LogP contribution < -0.4 is 0 Å². The topological polar surface area (TPSA) is 433 Å². The van der Waals surface area contributed by atoms with E-state index in [0.29, 0.717) is 102 Å². The second kappa shape index (κ2) is 51.2. The zero-order valence-electron chi connectivity index (χ0n) is 88.3. The highest BCUT2D eigenvalue weighted by atomic mass is 16.8. The summed E-state index contributed by atoms with van der Waals surface area (Å²) in [6.07, 6.45) is -3.45. The summed E-state index contributed by atoms with van der Waals surface area (Å²) in [6.45, 7) is 81.3. The monoisotopic (exact) mass is 2020 g/mol. The van der Waals surface area contributed by atoms with Crippen molar-refractivity contribution in [3.05, 3.63) is 85.8 Å². The number of allylic oxidation sites excluding steroid dienone is 1. The van der Waals surface area contributed by atoms with E-state index in [1.165, 1.54) is 13.8 Å². The Morgan fingerprint density at radius 1 is 0.248 bits per heavy atom. The lowest BCUT2D eigenvalue weighted by Gasteiger charge is -2.23. The van der Waals surface area contributed by atoms with Crippen molar-refractivity contribution in [2.75, 3.05) is 119 Å². The van der Waals surface area contributed by atoms with Crippen molar-refractivity contribution in [2.24, 2.45) is 0 Å². The van der Waals surface area contributed by atoms with Crippen LogP contribution in [-0.4, -0.2) is 340 Å². The number of ether oxygens (including phenoxy) is 34. The van der Waals surface area contributed by atoms with Crippen LogP contribution in [0.5, 0.6) is 0 Å². The summed E-state index contributed by atoms with van der Waals surface area (Å²) < 4.78 is 191. The van der Waals surface area contributed by atoms with Crippen LogP contribution in [0.15, 0.2) is 85.8 Å². The maximum Gasteiger partial charge on any atom is 0.344 e. The smallest absolute Gasteiger partial charge is 0.344 e. The van der Waals surface area contributed by atoms with Crippen molar-refractivity contribution in [3.8, 4) is 0 Å². The molecule has 12 heterocycles. The van der Waals surface area contributed by atoms with E-state index in [1.54, 1.807) is 54.5 Å². The Labute approximate surface area is 830 Å². The van der Waals surface area contributed by atoms with Gasteiger partial charge in [-0.3, -0.25) is 4.79 Å². The summed E-state index contributed by atoms with van der Waals surface area (Å²) in [7, 11) is 0. The second-order valence-electron chi connectivity index (χ2n) is 41.1. The highest BCUT2D eigenvalue weighted by Gasteiger charge is 2.57. The molecule has 0 radical (unpaired) electrons. The lowest BCUT2D eigenvalue weighted by Crippen LogP contribution is -2.40. The maximum atomic E-state index is 11.9. The minimum Gasteiger partial charge on any atom is -0.491 e. The van der Waals surface area contributed by atoms with Gasteiger partial charge < -0.3 is 161 Å². The minimum atomic E-state index is -0.829. The fourth-order valence-corrected chi connectivity index (χ4v) is 15.9. The molecular weight excluding hydrogens is 1860 g/mol. The van der Waals surface area contributed by atoms with E-state index in [1.807, 2.05) is 138 Å². The Bertz CT molecular complexity index is 4210. The van der Waals surface area contributed by atoms with Crippen LogP contribution in [0.1, 0.15) is 214 Å². The highest BCUT2D eigenvalue weighted by molar-refractivity contribution is 5.89. The van der Waals surface area contributed by atoms with Gasteiger partial charge in [-0.05, 0) is 207 Å². The molecule has 0 N–H and O–H groups in total. The molecule has 41 heteroatoms. The van der Waals surface area contributed by atoms with Crippen molar-refractivity contribution in [1.29, 1.82) is 0 Å². The van der Waals surface area contributed by atoms with Gasteiger partial charge in [-0.15, -0.1) is 0 Å². The van der Waals surface area contributed by atoms with E-state index in [2.05, 4.69) is 46.1 Å². The van der Waals surface area contributed by atoms with Gasteiger partial charge in [-0.1, -0.05) is 46.1 Å². The van der Waals surface area contributed by atoms with Crippen LogP contribution in [-0.2, 0) is 195 Å². The van der Waals surface area contributed by atoms with Crippen LogP contribution in [0.2, 0.25) is 0 Å². The molecule has 12 aliphatic rings. The highest BCUT2D eigenvalue weighted by Crippen LogP contribution is 2.43. The largest absolute Gasteiger partial charge is 0.491 e. The van der Waals surface area contributed by atoms with E-state index >= 15 is 0 Å². The molecule has 18 atom stereocenters. The molecule has 41 nitrogen and oxygen atoms in total. The number of carbonyl (C=O) groups excluding carboxylic acids is 7. The fraction of sp³-hybridized carbons (Fsp3) is 0.790. The Kier molecular flexibility index (Phi) is 44.0. The molecule has 0 saturated carbocycles. The fourth-order valence-electron chi connectivity index (χ4n) is 15.9. The Hall–Kier alpha value is -6.77. The molecule has 12 fully saturated rings. The van der Waals surface area contributed by atoms with Gasteiger partial charge in [0.2, 0.25) is 0 Å². The first-order valence-electron chi connectivity index (χ1n) is 47.6. The van der Waals surface area contributed by atoms with E-state index in [-0.39, 0.29) is 143 Å². The molecule has 18 unspecified atom stereocenters. The van der Waals surface area contributed by atoms with Crippen LogP contribution in [0, 0.1) is 0 Å². The summed E-state index contributed by atoms with van der Waals surface area (Å²) in [5, 5.41) is 0. The van der Waals surface area contributed by atoms with Gasteiger partial charge >= 0.3 is 41.8 Å². The standard InChI is InChI=1S/C18H28O8.C18H30O7.C17H26O8.C17H28O7.C15H24O6.C15H24O5/c1-11(2)16(20)21-8-7-14(19)22-9-12-15(26-18(5,6)25-12)13-10-23-17(3,4)24-13;1-12(2)16(19)21-9-7-8-20-10-13-15(25-18(5,6)24-13)14-11-22-17(3,4)23-14;1-10(2)15(19)21-9-13(18)20-7-11-14(25-17(5,6)24-11)12-8-22-16(3,4)23-12;1-11(2)15(18)20-8-7-19-9-12-14(24-17(5,6)23-12)13-10-21-16(3,4)22-13;1-9(2)13(16)17-7-10-12(21-15(5,6)20-10)11-8-18-14(3,4)19-11;1-7-10(2)16-8-11-13(20-15(5,6)19-11)12-9-17-14(3,4)18-12/h12-13,15H,1,7-10H2,2-6H3;13-15H,1,7-11H2,2-6H3;11-12,14H,1,7-9H2,2-6H3;12-14H,1,7-10H2,2-6H3;10-12H,1,7-8H2,2-6H3;7,11-13H,1-2,8-9H2,3-6H3. The number of rotatable bonds is 37. The molecule has 0 aromatic rings. The van der Waals surface area contributed by atoms with E-state index in [9.17, 15) is 33.6 Å². The molecular formula is C100H160O41. The molecule has 806 valence electrons. The van der Waals surface area contributed by atoms with Crippen molar-refractivity contribution < 1.29 is 195 Å². The Balaban J connectivity index is 0.000000230. The summed E-state index contributed by atoms with van der Waals surface area (Å²) in [4.78, 5) is 80.2. The predicted molar refractivity (Wildman–Crippen MR) is 499 cm³/mol. The third-order valence-electron chi connectivity index (χ3n) is 21.9. The number of hydrogen-bond donors (Lipinski definition) is 0. The molecule has 0 aromatic carbocycles. The Morgan fingerprint density at radius 2 is 0.475 bits per heavy atom. The molecule has 12 rings (SSSR count). The van der Waals surface area contributed by atoms with Crippen molar-refractivity contribution in [1.82, 2.24) is 0 Å². The van der Waals surface area contributed by atoms with Gasteiger partial charge in [0.1, 0.15) is 155 Å². The molecule has 0 aromatic heterocycles. The lowest BCUT2D eigenvalue weighted by atomic mass is 10.1. The van der Waals surface area contributed by atoms with Crippen LogP contribution in [0.3, 0.4) is 0 Å². The third kappa shape index (κ3) is 40.8. The number of hydrogen-bond acceptors (Lipinski definition) is 41. The number of esters is 7. The zero-order valence-corrected chi connectivity index (χ0v) is 88.3. The molecule has 0 bridgehead atoms. The van der Waals surface area contributed by atoms with Gasteiger partial charge in [0.25, 0.3) is 0 Å². The van der Waals surface area contributed by atoms with Gasteiger partial charge in [-0.2, -0.15) is 0 Å². The van der Waals surface area contributed by atoms with Gasteiger partial charge in [0, 0.05) is 40.9 Å². The molecule has 12 aliphatic heterocycles. The summed E-state index contributed by atoms with van der Waals surface area (Å²) in [6, 6.07) is 0. The first-order valence-corrected chi connectivity index (χ1v) is 47.6. The SMILES string of the molecule is C=C(C)C(=O)OCC(=O)OCC1OC(C)(C)OC1C1COC(C)(C)O1.C=C(C)C(=O)OCC1OC(C)(C)OC1C1COC(C)(C)O1.C=C(C)C(=O)OCCC(=O)OCC1OC(C)(C)OC1C1COC(C)(C)O1.C=C(C)C(=O)OCCCOCC1OC(C)(C)OC1C1COC(C)(C)O1.C=C(C)C(=O)OCCOCC1OC(C)(C)OC1C1COC(C)(C)O1.C=CC(=C)OCC1OC(C)(C)OC1C1COC(C)(C)O1. The van der Waals surface area contributed by atoms with Crippen LogP contribution >= 0.6 is 0 Å². The van der Waals surface area contributed by atoms with E-state index in [0.717, 1.165) is 0 Å².